The highest BCUT2D eigenvalue weighted by Gasteiger charge is 2.23. The second-order valence-corrected chi connectivity index (χ2v) is 9.84. The lowest BCUT2D eigenvalue weighted by Crippen LogP contribution is -2.06. The lowest BCUT2D eigenvalue weighted by Gasteiger charge is -2.11. The highest BCUT2D eigenvalue weighted by molar-refractivity contribution is 6.14. The summed E-state index contributed by atoms with van der Waals surface area (Å²) in [5, 5.41) is 11.2. The maximum absolute atomic E-state index is 12.8. The summed E-state index contributed by atoms with van der Waals surface area (Å²) in [6.07, 6.45) is 0. The van der Waals surface area contributed by atoms with E-state index in [1.807, 2.05) is 60.7 Å². The molecule has 6 aromatic carbocycles. The molecule has 0 saturated carbocycles. The predicted molar refractivity (Wildman–Crippen MR) is 177 cm³/mol. The minimum absolute atomic E-state index is 0.0339. The number of benzene rings is 6. The smallest absolute Gasteiger partial charge is 0.280 e. The van der Waals surface area contributed by atoms with E-state index in [1.165, 1.54) is 18.2 Å². The Balaban J connectivity index is 0.000000182. The number of nitrogen functional groups attached to an aromatic ring is 1. The van der Waals surface area contributed by atoms with Gasteiger partial charge in [0.15, 0.2) is 5.78 Å². The Morgan fingerprint density at radius 3 is 1.33 bits per heavy atom. The number of nitro benzene ring substituents is 1. The van der Waals surface area contributed by atoms with Crippen LogP contribution < -0.4 is 15.2 Å². The number of carbonyl (C=O) groups excluding carboxylic acids is 2. The molecule has 0 bridgehead atoms. The number of hydrogen-bond donors (Lipinski definition) is 1. The van der Waals surface area contributed by atoms with Crippen molar-refractivity contribution in [2.45, 2.75) is 0 Å². The molecule has 0 unspecified atom stereocenters. The predicted octanol–water partition coefficient (Wildman–Crippen LogP) is 8.91. The van der Waals surface area contributed by atoms with Gasteiger partial charge in [0.2, 0.25) is 5.78 Å². The van der Waals surface area contributed by atoms with Gasteiger partial charge in [-0.15, -0.1) is 0 Å². The summed E-state index contributed by atoms with van der Waals surface area (Å²) in [7, 11) is 0. The summed E-state index contributed by atoms with van der Waals surface area (Å²) in [6.45, 7) is 0. The van der Waals surface area contributed by atoms with E-state index in [1.54, 1.807) is 78.9 Å². The molecule has 0 aliphatic heterocycles. The summed E-state index contributed by atoms with van der Waals surface area (Å²) in [6, 6.07) is 45.2. The zero-order valence-electron chi connectivity index (χ0n) is 24.5. The number of hydrogen-bond acceptors (Lipinski definition) is 7. The third kappa shape index (κ3) is 7.50. The first-order valence-corrected chi connectivity index (χ1v) is 14.2. The van der Waals surface area contributed by atoms with Crippen molar-refractivity contribution in [3.05, 3.63) is 190 Å². The average Bonchev–Trinajstić information content (AvgIpc) is 3.09. The quantitative estimate of drug-likeness (QED) is 0.0752. The number of para-hydroxylation sites is 6. The lowest BCUT2D eigenvalue weighted by molar-refractivity contribution is -0.385. The molecule has 2 N–H and O–H groups in total. The van der Waals surface area contributed by atoms with Crippen LogP contribution in [0.3, 0.4) is 0 Å². The Hall–Kier alpha value is -6.54. The van der Waals surface area contributed by atoms with Crippen LogP contribution in [0.1, 0.15) is 31.8 Å². The largest absolute Gasteiger partial charge is 0.457 e. The van der Waals surface area contributed by atoms with Gasteiger partial charge in [-0.2, -0.15) is 0 Å². The van der Waals surface area contributed by atoms with E-state index in [9.17, 15) is 19.7 Å². The van der Waals surface area contributed by atoms with E-state index in [4.69, 9.17) is 15.2 Å². The van der Waals surface area contributed by atoms with Crippen molar-refractivity contribution in [1.82, 2.24) is 0 Å². The van der Waals surface area contributed by atoms with Crippen LogP contribution in [0.15, 0.2) is 158 Å². The fraction of sp³-hybridized carbons (Fsp3) is 0. The highest BCUT2D eigenvalue weighted by Crippen LogP contribution is 2.30. The van der Waals surface area contributed by atoms with Gasteiger partial charge in [0.05, 0.1) is 16.1 Å². The zero-order valence-corrected chi connectivity index (χ0v) is 24.5. The maximum Gasteiger partial charge on any atom is 0.280 e. The summed E-state index contributed by atoms with van der Waals surface area (Å²) >= 11 is 0. The molecule has 0 heterocycles. The molecule has 0 aromatic heterocycles. The molecular formula is C38H28N2O6. The van der Waals surface area contributed by atoms with Crippen LogP contribution >= 0.6 is 0 Å². The zero-order chi connectivity index (χ0) is 32.3. The molecule has 8 heteroatoms. The molecule has 46 heavy (non-hydrogen) atoms. The normalized spacial score (nSPS) is 10.2. The third-order valence-corrected chi connectivity index (χ3v) is 6.76. The molecule has 0 aliphatic carbocycles. The Labute approximate surface area is 265 Å². The first-order valence-electron chi connectivity index (χ1n) is 14.2. The number of anilines is 1. The minimum Gasteiger partial charge on any atom is -0.457 e. The third-order valence-electron chi connectivity index (χ3n) is 6.76. The van der Waals surface area contributed by atoms with Gasteiger partial charge in [0.1, 0.15) is 28.6 Å². The average molecular weight is 609 g/mol. The molecular weight excluding hydrogens is 580 g/mol. The van der Waals surface area contributed by atoms with Crippen molar-refractivity contribution in [3.63, 3.8) is 0 Å². The summed E-state index contributed by atoms with van der Waals surface area (Å²) in [5.41, 5.74) is 7.41. The topological polar surface area (TPSA) is 122 Å². The van der Waals surface area contributed by atoms with E-state index in [2.05, 4.69) is 0 Å². The summed E-state index contributed by atoms with van der Waals surface area (Å²) in [4.78, 5) is 36.1. The second kappa shape index (κ2) is 14.8. The second-order valence-electron chi connectivity index (χ2n) is 9.84. The molecule has 0 atom stereocenters. The molecule has 0 fully saturated rings. The molecule has 0 amide bonds. The fourth-order valence-electron chi connectivity index (χ4n) is 4.54. The monoisotopic (exact) mass is 608 g/mol. The van der Waals surface area contributed by atoms with Gasteiger partial charge in [-0.3, -0.25) is 19.7 Å². The molecule has 6 aromatic rings. The Morgan fingerprint density at radius 1 is 0.478 bits per heavy atom. The van der Waals surface area contributed by atoms with Crippen molar-refractivity contribution >= 4 is 22.9 Å². The molecule has 8 nitrogen and oxygen atoms in total. The van der Waals surface area contributed by atoms with Crippen LogP contribution in [0.2, 0.25) is 0 Å². The van der Waals surface area contributed by atoms with Gasteiger partial charge < -0.3 is 15.2 Å². The maximum atomic E-state index is 12.8. The molecule has 6 rings (SSSR count). The standard InChI is InChI=1S/C19H13NO4.C19H15NO2/c21-19(15-10-4-6-12-17(15)20(22)23)16-11-5-7-13-18(16)24-14-8-2-1-3-9-14;20-17-12-6-4-10-15(17)19(21)16-11-5-7-13-18(16)22-14-8-2-1-3-9-14/h1-13H;1-13H,20H2. The van der Waals surface area contributed by atoms with Crippen molar-refractivity contribution in [1.29, 1.82) is 0 Å². The molecule has 226 valence electrons. The lowest BCUT2D eigenvalue weighted by atomic mass is 10.0. The van der Waals surface area contributed by atoms with Crippen LogP contribution in [0, 0.1) is 10.1 Å². The van der Waals surface area contributed by atoms with Gasteiger partial charge in [0.25, 0.3) is 5.69 Å². The first kappa shape index (κ1) is 30.9. The van der Waals surface area contributed by atoms with Crippen LogP contribution in [0.4, 0.5) is 11.4 Å². The number of nitrogens with two attached hydrogens (primary N) is 1. The Bertz CT molecular complexity index is 1980. The number of carbonyl (C=O) groups is 2. The van der Waals surface area contributed by atoms with E-state index in [0.717, 1.165) is 0 Å². The van der Waals surface area contributed by atoms with Crippen molar-refractivity contribution in [3.8, 4) is 23.0 Å². The van der Waals surface area contributed by atoms with Crippen molar-refractivity contribution < 1.29 is 24.0 Å². The van der Waals surface area contributed by atoms with Crippen LogP contribution in [0.25, 0.3) is 0 Å². The molecule has 0 spiro atoms. The number of ketones is 2. The van der Waals surface area contributed by atoms with Gasteiger partial charge in [-0.25, -0.2) is 0 Å². The minimum atomic E-state index is -0.562. The van der Waals surface area contributed by atoms with Crippen molar-refractivity contribution in [2.75, 3.05) is 5.73 Å². The fourth-order valence-corrected chi connectivity index (χ4v) is 4.54. The van der Waals surface area contributed by atoms with Gasteiger partial charge >= 0.3 is 0 Å². The number of nitrogens with zero attached hydrogens (tertiary/aromatic N) is 1. The van der Waals surface area contributed by atoms with Crippen LogP contribution in [0.5, 0.6) is 23.0 Å². The van der Waals surface area contributed by atoms with E-state index >= 15 is 0 Å². The van der Waals surface area contributed by atoms with Gasteiger partial charge in [-0.1, -0.05) is 84.9 Å². The number of nitro groups is 1. The van der Waals surface area contributed by atoms with E-state index in [-0.39, 0.29) is 22.6 Å². The van der Waals surface area contributed by atoms with Crippen molar-refractivity contribution in [2.24, 2.45) is 0 Å². The van der Waals surface area contributed by atoms with E-state index in [0.29, 0.717) is 39.8 Å². The highest BCUT2D eigenvalue weighted by atomic mass is 16.6. The van der Waals surface area contributed by atoms with E-state index < -0.39 is 10.7 Å². The Kier molecular flexibility index (Phi) is 9.92. The summed E-state index contributed by atoms with van der Waals surface area (Å²) < 4.78 is 11.6. The van der Waals surface area contributed by atoms with Crippen LogP contribution in [-0.4, -0.2) is 16.5 Å². The molecule has 0 aliphatic rings. The molecule has 0 saturated heterocycles. The van der Waals surface area contributed by atoms with Crippen LogP contribution in [-0.2, 0) is 0 Å². The number of rotatable bonds is 9. The molecule has 0 radical (unpaired) electrons. The first-order chi connectivity index (χ1) is 22.4. The Morgan fingerprint density at radius 2 is 0.848 bits per heavy atom. The SMILES string of the molecule is Nc1ccccc1C(=O)c1ccccc1Oc1ccccc1.O=C(c1ccccc1Oc1ccccc1)c1ccccc1[N+](=O)[O-]. The summed E-state index contributed by atoms with van der Waals surface area (Å²) in [5.74, 6) is 1.54. The van der Waals surface area contributed by atoms with Gasteiger partial charge in [0, 0.05) is 17.3 Å². The number of ether oxygens (including phenoxy) is 2. The van der Waals surface area contributed by atoms with Gasteiger partial charge in [-0.05, 0) is 66.7 Å².